The van der Waals surface area contributed by atoms with E-state index >= 15 is 0 Å². The molecule has 0 saturated heterocycles. The monoisotopic (exact) mass is 315 g/mol. The van der Waals surface area contributed by atoms with Gasteiger partial charge in [-0.25, -0.2) is 0 Å². The van der Waals surface area contributed by atoms with Crippen LogP contribution in [0.15, 0.2) is 18.2 Å². The fraction of sp³-hybridized carbons (Fsp3) is 0.500. The van der Waals surface area contributed by atoms with Crippen LogP contribution >= 0.6 is 0 Å². The van der Waals surface area contributed by atoms with Crippen LogP contribution in [-0.4, -0.2) is 30.5 Å². The van der Waals surface area contributed by atoms with Crippen molar-refractivity contribution in [2.24, 2.45) is 0 Å². The van der Waals surface area contributed by atoms with Crippen molar-refractivity contribution < 1.29 is 9.47 Å². The van der Waals surface area contributed by atoms with Crippen LogP contribution in [0.5, 0.6) is 11.5 Å². The molecule has 0 atom stereocenters. The van der Waals surface area contributed by atoms with Crippen molar-refractivity contribution in [1.29, 1.82) is 0 Å². The molecule has 2 heterocycles. The summed E-state index contributed by atoms with van der Waals surface area (Å²) in [5, 5.41) is 8.35. The van der Waals surface area contributed by atoms with Crippen LogP contribution in [0, 0.1) is 0 Å². The molecule has 1 N–H and O–H groups in total. The number of aryl methyl sites for hydroxylation is 1. The molecule has 1 aliphatic rings. The van der Waals surface area contributed by atoms with E-state index in [1.54, 1.807) is 14.2 Å². The molecule has 0 amide bonds. The van der Waals surface area contributed by atoms with Gasteiger partial charge in [0.25, 0.3) is 0 Å². The van der Waals surface area contributed by atoms with E-state index in [4.69, 9.17) is 14.6 Å². The Hall–Kier alpha value is -2.01. The van der Waals surface area contributed by atoms with Gasteiger partial charge in [0.1, 0.15) is 0 Å². The molecule has 5 heteroatoms. The molecule has 0 aliphatic carbocycles. The number of fused-ring (bicyclic) bond motifs is 1. The number of rotatable bonds is 6. The van der Waals surface area contributed by atoms with Crippen LogP contribution in [0.25, 0.3) is 0 Å². The first-order valence-corrected chi connectivity index (χ1v) is 8.26. The number of para-hydroxylation sites is 1. The topological polar surface area (TPSA) is 48.3 Å². The predicted molar refractivity (Wildman–Crippen MR) is 90.3 cm³/mol. The summed E-state index contributed by atoms with van der Waals surface area (Å²) < 4.78 is 13.1. The van der Waals surface area contributed by atoms with E-state index in [1.807, 2.05) is 12.1 Å². The number of hydrogen-bond acceptors (Lipinski definition) is 4. The van der Waals surface area contributed by atoms with Crippen LogP contribution < -0.4 is 14.8 Å². The maximum Gasteiger partial charge on any atom is 0.165 e. The molecule has 23 heavy (non-hydrogen) atoms. The van der Waals surface area contributed by atoms with E-state index < -0.39 is 0 Å². The van der Waals surface area contributed by atoms with Crippen LogP contribution in [0.4, 0.5) is 0 Å². The van der Waals surface area contributed by atoms with Crippen molar-refractivity contribution in [3.8, 4) is 11.5 Å². The van der Waals surface area contributed by atoms with E-state index in [2.05, 4.69) is 23.0 Å². The van der Waals surface area contributed by atoms with Gasteiger partial charge in [-0.3, -0.25) is 4.68 Å². The van der Waals surface area contributed by atoms with Crippen molar-refractivity contribution in [3.05, 3.63) is 40.7 Å². The number of nitrogens with one attached hydrogen (secondary N) is 1. The molecule has 0 saturated carbocycles. The number of methoxy groups -OCH3 is 2. The zero-order valence-electron chi connectivity index (χ0n) is 14.2. The molecule has 124 valence electrons. The van der Waals surface area contributed by atoms with Crippen molar-refractivity contribution in [3.63, 3.8) is 0 Å². The average Bonchev–Trinajstić information content (AvgIpc) is 2.93. The van der Waals surface area contributed by atoms with E-state index in [1.165, 1.54) is 17.0 Å². The van der Waals surface area contributed by atoms with Crippen molar-refractivity contribution in [1.82, 2.24) is 15.1 Å². The third kappa shape index (κ3) is 3.06. The average molecular weight is 315 g/mol. The van der Waals surface area contributed by atoms with Gasteiger partial charge in [-0.15, -0.1) is 0 Å². The lowest BCUT2D eigenvalue weighted by atomic mass is 10.0. The Morgan fingerprint density at radius 2 is 2.13 bits per heavy atom. The zero-order valence-corrected chi connectivity index (χ0v) is 14.2. The Kier molecular flexibility index (Phi) is 4.86. The number of ether oxygens (including phenoxy) is 2. The van der Waals surface area contributed by atoms with E-state index in [-0.39, 0.29) is 0 Å². The predicted octanol–water partition coefficient (Wildman–Crippen LogP) is 2.55. The van der Waals surface area contributed by atoms with Gasteiger partial charge >= 0.3 is 0 Å². The smallest absolute Gasteiger partial charge is 0.165 e. The first kappa shape index (κ1) is 15.9. The molecule has 1 aromatic heterocycles. The standard InChI is InChI=1S/C18H25N3O2/c1-4-6-15-14-11-19-10-9-16(14)21(20-15)12-13-7-5-8-17(22-2)18(13)23-3/h5,7-8,19H,4,6,9-12H2,1-3H3. The second-order valence-corrected chi connectivity index (χ2v) is 5.86. The SMILES string of the molecule is CCCc1nn(Cc2cccc(OC)c2OC)c2c1CNCC2. The molecular formula is C18H25N3O2. The van der Waals surface area contributed by atoms with Gasteiger partial charge < -0.3 is 14.8 Å². The van der Waals surface area contributed by atoms with E-state index in [0.717, 1.165) is 49.4 Å². The molecule has 5 nitrogen and oxygen atoms in total. The van der Waals surface area contributed by atoms with Gasteiger partial charge in [0.15, 0.2) is 11.5 Å². The Morgan fingerprint density at radius 3 is 2.87 bits per heavy atom. The fourth-order valence-electron chi connectivity index (χ4n) is 3.30. The molecular weight excluding hydrogens is 290 g/mol. The highest BCUT2D eigenvalue weighted by molar-refractivity contribution is 5.47. The maximum absolute atomic E-state index is 5.56. The van der Waals surface area contributed by atoms with Crippen molar-refractivity contribution in [2.45, 2.75) is 39.3 Å². The van der Waals surface area contributed by atoms with Gasteiger partial charge in [-0.05, 0) is 12.5 Å². The highest BCUT2D eigenvalue weighted by Crippen LogP contribution is 2.32. The molecule has 0 unspecified atom stereocenters. The quantitative estimate of drug-likeness (QED) is 0.890. The lowest BCUT2D eigenvalue weighted by Crippen LogP contribution is -2.25. The van der Waals surface area contributed by atoms with Gasteiger partial charge in [-0.2, -0.15) is 5.10 Å². The Balaban J connectivity index is 1.97. The van der Waals surface area contributed by atoms with Crippen LogP contribution in [0.2, 0.25) is 0 Å². The van der Waals surface area contributed by atoms with Crippen LogP contribution in [0.3, 0.4) is 0 Å². The molecule has 0 bridgehead atoms. The molecule has 3 rings (SSSR count). The minimum Gasteiger partial charge on any atom is -0.493 e. The van der Waals surface area contributed by atoms with Gasteiger partial charge in [0.05, 0.1) is 26.5 Å². The summed E-state index contributed by atoms with van der Waals surface area (Å²) in [6.07, 6.45) is 3.18. The maximum atomic E-state index is 5.56. The highest BCUT2D eigenvalue weighted by Gasteiger charge is 2.21. The zero-order chi connectivity index (χ0) is 16.2. The summed E-state index contributed by atoms with van der Waals surface area (Å²) in [4.78, 5) is 0. The van der Waals surface area contributed by atoms with E-state index in [0.29, 0.717) is 6.54 Å². The lowest BCUT2D eigenvalue weighted by Gasteiger charge is -2.17. The number of hydrogen-bond donors (Lipinski definition) is 1. The van der Waals surface area contributed by atoms with Gasteiger partial charge in [0.2, 0.25) is 0 Å². The number of aromatic nitrogens is 2. The van der Waals surface area contributed by atoms with Crippen molar-refractivity contribution in [2.75, 3.05) is 20.8 Å². The molecule has 1 aromatic carbocycles. The Bertz CT molecular complexity index is 679. The van der Waals surface area contributed by atoms with Gasteiger partial charge in [0, 0.05) is 36.3 Å². The molecule has 0 fully saturated rings. The number of benzene rings is 1. The summed E-state index contributed by atoms with van der Waals surface area (Å²) in [5.74, 6) is 1.56. The minimum atomic E-state index is 0.715. The lowest BCUT2D eigenvalue weighted by molar-refractivity contribution is 0.350. The second kappa shape index (κ2) is 7.04. The molecule has 2 aromatic rings. The van der Waals surface area contributed by atoms with Gasteiger partial charge in [-0.1, -0.05) is 25.5 Å². The molecule has 1 aliphatic heterocycles. The minimum absolute atomic E-state index is 0.715. The van der Waals surface area contributed by atoms with Crippen molar-refractivity contribution >= 4 is 0 Å². The Labute approximate surface area is 137 Å². The molecule has 0 spiro atoms. The highest BCUT2D eigenvalue weighted by atomic mass is 16.5. The van der Waals surface area contributed by atoms with Crippen LogP contribution in [-0.2, 0) is 25.9 Å². The summed E-state index contributed by atoms with van der Waals surface area (Å²) >= 11 is 0. The normalized spacial score (nSPS) is 13.7. The summed E-state index contributed by atoms with van der Waals surface area (Å²) in [6, 6.07) is 6.00. The summed E-state index contributed by atoms with van der Waals surface area (Å²) in [7, 11) is 3.36. The largest absolute Gasteiger partial charge is 0.493 e. The third-order valence-corrected chi connectivity index (χ3v) is 4.38. The first-order valence-electron chi connectivity index (χ1n) is 8.26. The van der Waals surface area contributed by atoms with Crippen LogP contribution in [0.1, 0.15) is 35.9 Å². The Morgan fingerprint density at radius 1 is 1.26 bits per heavy atom. The summed E-state index contributed by atoms with van der Waals surface area (Å²) in [6.45, 7) is 4.86. The molecule has 0 radical (unpaired) electrons. The fourth-order valence-corrected chi connectivity index (χ4v) is 3.30. The second-order valence-electron chi connectivity index (χ2n) is 5.86. The van der Waals surface area contributed by atoms with E-state index in [9.17, 15) is 0 Å². The number of nitrogens with zero attached hydrogens (tertiary/aromatic N) is 2. The third-order valence-electron chi connectivity index (χ3n) is 4.38. The summed E-state index contributed by atoms with van der Waals surface area (Å²) in [5.41, 5.74) is 5.08. The first-order chi connectivity index (χ1) is 11.3.